The van der Waals surface area contributed by atoms with Gasteiger partial charge in [0.1, 0.15) is 0 Å². The first-order valence-corrected chi connectivity index (χ1v) is 7.94. The van der Waals surface area contributed by atoms with E-state index in [0.717, 1.165) is 17.3 Å². The predicted molar refractivity (Wildman–Crippen MR) is 84.2 cm³/mol. The van der Waals surface area contributed by atoms with E-state index in [-0.39, 0.29) is 11.2 Å². The zero-order valence-corrected chi connectivity index (χ0v) is 13.1. The molecule has 6 heteroatoms. The van der Waals surface area contributed by atoms with Crippen molar-refractivity contribution in [3.63, 3.8) is 0 Å². The fraction of sp³-hybridized carbons (Fsp3) is 0.400. The van der Waals surface area contributed by atoms with Gasteiger partial charge in [-0.15, -0.1) is 0 Å². The maximum atomic E-state index is 11.9. The molecule has 1 N–H and O–H groups in total. The lowest BCUT2D eigenvalue weighted by Crippen LogP contribution is -2.31. The summed E-state index contributed by atoms with van der Waals surface area (Å²) in [6.07, 6.45) is 6.38. The summed E-state index contributed by atoms with van der Waals surface area (Å²) in [6.45, 7) is 5.31. The van der Waals surface area contributed by atoms with Crippen LogP contribution in [0, 0.1) is 0 Å². The number of nitrogens with zero attached hydrogens (tertiary/aromatic N) is 3. The van der Waals surface area contributed by atoms with E-state index in [1.807, 2.05) is 42.8 Å². The van der Waals surface area contributed by atoms with Gasteiger partial charge < -0.3 is 9.88 Å². The Balaban J connectivity index is 1.98. The summed E-state index contributed by atoms with van der Waals surface area (Å²) in [7, 11) is 0. The van der Waals surface area contributed by atoms with Gasteiger partial charge in [-0.25, -0.2) is 4.98 Å². The summed E-state index contributed by atoms with van der Waals surface area (Å²) >= 11 is 1.47. The third-order valence-electron chi connectivity index (χ3n) is 2.94. The van der Waals surface area contributed by atoms with Crippen molar-refractivity contribution in [1.29, 1.82) is 0 Å². The van der Waals surface area contributed by atoms with E-state index in [9.17, 15) is 4.79 Å². The average Bonchev–Trinajstić information content (AvgIpc) is 2.92. The first-order valence-electron chi connectivity index (χ1n) is 7.06. The number of carbonyl (C=O) groups is 1. The van der Waals surface area contributed by atoms with Crippen molar-refractivity contribution in [3.8, 4) is 0 Å². The molecule has 0 aromatic carbocycles. The van der Waals surface area contributed by atoms with Crippen LogP contribution < -0.4 is 5.32 Å². The van der Waals surface area contributed by atoms with E-state index in [1.54, 1.807) is 12.4 Å². The van der Waals surface area contributed by atoms with Gasteiger partial charge in [0.25, 0.3) is 0 Å². The predicted octanol–water partition coefficient (Wildman–Crippen LogP) is 2.33. The topological polar surface area (TPSA) is 59.8 Å². The van der Waals surface area contributed by atoms with Crippen molar-refractivity contribution in [2.75, 3.05) is 6.54 Å². The van der Waals surface area contributed by atoms with E-state index in [2.05, 4.69) is 15.3 Å². The van der Waals surface area contributed by atoms with Crippen molar-refractivity contribution < 1.29 is 4.79 Å². The number of nitrogens with one attached hydrogen (secondary N) is 1. The van der Waals surface area contributed by atoms with Gasteiger partial charge in [0, 0.05) is 25.1 Å². The summed E-state index contributed by atoms with van der Waals surface area (Å²) in [6, 6.07) is 5.84. The summed E-state index contributed by atoms with van der Waals surface area (Å²) in [5.41, 5.74) is 0.973. The number of thioether (sulfide) groups is 1. The molecule has 2 aromatic rings. The molecular formula is C15H20N4OS. The Kier molecular flexibility index (Phi) is 5.80. The van der Waals surface area contributed by atoms with Crippen LogP contribution in [0.1, 0.15) is 26.0 Å². The van der Waals surface area contributed by atoms with Crippen LogP contribution in [0.25, 0.3) is 0 Å². The molecule has 0 aliphatic carbocycles. The minimum Gasteiger partial charge on any atom is -0.355 e. The molecule has 21 heavy (non-hydrogen) atoms. The van der Waals surface area contributed by atoms with Crippen molar-refractivity contribution in [2.45, 2.75) is 37.2 Å². The SMILES string of the molecule is CCCNC(=O)[C@@H](C)Sc1nccn1Cc1ccccn1. The highest BCUT2D eigenvalue weighted by Crippen LogP contribution is 2.22. The molecule has 2 rings (SSSR count). The lowest BCUT2D eigenvalue weighted by atomic mass is 10.3. The molecule has 0 unspecified atom stereocenters. The van der Waals surface area contributed by atoms with Gasteiger partial charge in [-0.1, -0.05) is 24.8 Å². The van der Waals surface area contributed by atoms with Gasteiger partial charge in [0.05, 0.1) is 17.5 Å². The number of hydrogen-bond donors (Lipinski definition) is 1. The van der Waals surface area contributed by atoms with Crippen LogP contribution in [0.15, 0.2) is 41.9 Å². The number of carbonyl (C=O) groups excluding carboxylic acids is 1. The van der Waals surface area contributed by atoms with Crippen LogP contribution in [0.4, 0.5) is 0 Å². The summed E-state index contributed by atoms with van der Waals surface area (Å²) in [5.74, 6) is 0.0502. The molecule has 0 saturated heterocycles. The minimum atomic E-state index is -0.165. The van der Waals surface area contributed by atoms with Gasteiger partial charge in [0.15, 0.2) is 5.16 Å². The van der Waals surface area contributed by atoms with Crippen LogP contribution in [0.5, 0.6) is 0 Å². The highest BCUT2D eigenvalue weighted by atomic mass is 32.2. The Morgan fingerprint density at radius 2 is 2.24 bits per heavy atom. The van der Waals surface area contributed by atoms with E-state index in [4.69, 9.17) is 0 Å². The lowest BCUT2D eigenvalue weighted by molar-refractivity contribution is -0.120. The van der Waals surface area contributed by atoms with Crippen LogP contribution in [-0.4, -0.2) is 32.2 Å². The highest BCUT2D eigenvalue weighted by molar-refractivity contribution is 8.00. The molecule has 0 spiro atoms. The Morgan fingerprint density at radius 1 is 1.38 bits per heavy atom. The molecule has 0 radical (unpaired) electrons. The molecule has 0 fully saturated rings. The molecule has 5 nitrogen and oxygen atoms in total. The number of pyridine rings is 1. The molecule has 1 atom stereocenters. The van der Waals surface area contributed by atoms with Crippen LogP contribution >= 0.6 is 11.8 Å². The normalized spacial score (nSPS) is 12.1. The van der Waals surface area contributed by atoms with Gasteiger partial charge in [-0.05, 0) is 25.5 Å². The quantitative estimate of drug-likeness (QED) is 0.798. The molecule has 0 aliphatic rings. The standard InChI is InChI=1S/C15H20N4OS/c1-3-7-17-14(20)12(2)21-15-18-9-10-19(15)11-13-6-4-5-8-16-13/h4-6,8-10,12H,3,7,11H2,1-2H3,(H,17,20)/t12-/m1/s1. The van der Waals surface area contributed by atoms with Crippen LogP contribution in [0.2, 0.25) is 0 Å². The van der Waals surface area contributed by atoms with Gasteiger partial charge in [-0.2, -0.15) is 0 Å². The third kappa shape index (κ3) is 4.60. The highest BCUT2D eigenvalue weighted by Gasteiger charge is 2.16. The van der Waals surface area contributed by atoms with Crippen molar-refractivity contribution in [1.82, 2.24) is 19.9 Å². The van der Waals surface area contributed by atoms with Crippen molar-refractivity contribution in [2.24, 2.45) is 0 Å². The van der Waals surface area contributed by atoms with E-state index in [0.29, 0.717) is 13.1 Å². The summed E-state index contributed by atoms with van der Waals surface area (Å²) in [5, 5.41) is 3.57. The zero-order valence-electron chi connectivity index (χ0n) is 12.3. The maximum absolute atomic E-state index is 11.9. The molecule has 0 aliphatic heterocycles. The molecule has 112 valence electrons. The molecule has 2 heterocycles. The maximum Gasteiger partial charge on any atom is 0.233 e. The van der Waals surface area contributed by atoms with E-state index in [1.165, 1.54) is 11.8 Å². The fourth-order valence-corrected chi connectivity index (χ4v) is 2.69. The minimum absolute atomic E-state index is 0.0502. The molecule has 2 aromatic heterocycles. The Labute approximate surface area is 129 Å². The number of imidazole rings is 1. The lowest BCUT2D eigenvalue weighted by Gasteiger charge is -2.12. The molecular weight excluding hydrogens is 284 g/mol. The zero-order chi connectivity index (χ0) is 15.1. The summed E-state index contributed by atoms with van der Waals surface area (Å²) < 4.78 is 2.01. The van der Waals surface area contributed by atoms with E-state index >= 15 is 0 Å². The van der Waals surface area contributed by atoms with Crippen LogP contribution in [-0.2, 0) is 11.3 Å². The number of aromatic nitrogens is 3. The molecule has 1 amide bonds. The van der Waals surface area contributed by atoms with Crippen molar-refractivity contribution in [3.05, 3.63) is 42.5 Å². The first-order chi connectivity index (χ1) is 10.2. The van der Waals surface area contributed by atoms with Gasteiger partial charge in [0.2, 0.25) is 5.91 Å². The Morgan fingerprint density at radius 3 is 2.95 bits per heavy atom. The van der Waals surface area contributed by atoms with E-state index < -0.39 is 0 Å². The largest absolute Gasteiger partial charge is 0.355 e. The second-order valence-electron chi connectivity index (χ2n) is 4.71. The van der Waals surface area contributed by atoms with Gasteiger partial charge in [-0.3, -0.25) is 9.78 Å². The van der Waals surface area contributed by atoms with Gasteiger partial charge >= 0.3 is 0 Å². The Hall–Kier alpha value is -1.82. The Bertz CT molecular complexity index is 570. The smallest absolute Gasteiger partial charge is 0.233 e. The second kappa shape index (κ2) is 7.83. The molecule has 0 saturated carbocycles. The number of amides is 1. The number of rotatable bonds is 7. The fourth-order valence-electron chi connectivity index (χ4n) is 1.80. The first kappa shape index (κ1) is 15.6. The molecule has 0 bridgehead atoms. The monoisotopic (exact) mass is 304 g/mol. The van der Waals surface area contributed by atoms with Crippen LogP contribution in [0.3, 0.4) is 0 Å². The average molecular weight is 304 g/mol. The summed E-state index contributed by atoms with van der Waals surface area (Å²) in [4.78, 5) is 20.6. The van der Waals surface area contributed by atoms with Crippen molar-refractivity contribution >= 4 is 17.7 Å². The number of hydrogen-bond acceptors (Lipinski definition) is 4. The second-order valence-corrected chi connectivity index (χ2v) is 6.02. The third-order valence-corrected chi connectivity index (χ3v) is 4.05.